The van der Waals surface area contributed by atoms with Crippen molar-refractivity contribution in [2.45, 2.75) is 24.4 Å². The highest BCUT2D eigenvalue weighted by Gasteiger charge is 2.20. The van der Waals surface area contributed by atoms with E-state index >= 15 is 0 Å². The molecule has 0 aliphatic heterocycles. The van der Waals surface area contributed by atoms with Crippen molar-refractivity contribution in [2.24, 2.45) is 0 Å². The van der Waals surface area contributed by atoms with E-state index in [1.165, 1.54) is 12.1 Å². The minimum atomic E-state index is -3.81. The van der Waals surface area contributed by atoms with Gasteiger partial charge in [0.05, 0.1) is 34.8 Å². The highest BCUT2D eigenvalue weighted by molar-refractivity contribution is 7.89. The summed E-state index contributed by atoms with van der Waals surface area (Å²) in [5, 5.41) is 0.572. The zero-order valence-corrected chi connectivity index (χ0v) is 20.9. The summed E-state index contributed by atoms with van der Waals surface area (Å²) in [7, 11) is -2.23. The van der Waals surface area contributed by atoms with Crippen LogP contribution in [0.3, 0.4) is 0 Å². The van der Waals surface area contributed by atoms with Gasteiger partial charge in [0.25, 0.3) is 0 Å². The van der Waals surface area contributed by atoms with E-state index in [9.17, 15) is 13.2 Å². The van der Waals surface area contributed by atoms with Crippen LogP contribution in [0.2, 0.25) is 5.02 Å². The normalized spacial score (nSPS) is 12.6. The highest BCUT2D eigenvalue weighted by atomic mass is 35.5. The van der Waals surface area contributed by atoms with Crippen LogP contribution in [-0.4, -0.2) is 32.7 Å². The monoisotopic (exact) mass is 518 g/mol. The zero-order chi connectivity index (χ0) is 24.3. The molecule has 1 atom stereocenters. The lowest BCUT2D eigenvalue weighted by molar-refractivity contribution is 0.287. The third kappa shape index (κ3) is 5.44. The Bertz CT molecular complexity index is 1460. The maximum Gasteiger partial charge on any atom is 0.308 e. The van der Waals surface area contributed by atoms with Crippen molar-refractivity contribution in [3.05, 3.63) is 87.0 Å². The van der Waals surface area contributed by atoms with Crippen molar-refractivity contribution in [2.75, 3.05) is 13.7 Å². The van der Waals surface area contributed by atoms with Gasteiger partial charge in [-0.3, -0.25) is 9.36 Å². The van der Waals surface area contributed by atoms with E-state index in [-0.39, 0.29) is 16.4 Å². The Hall–Kier alpha value is -2.85. The predicted octanol–water partition coefficient (Wildman–Crippen LogP) is 4.52. The number of sulfonamides is 1. The molecule has 1 unspecified atom stereocenters. The van der Waals surface area contributed by atoms with Gasteiger partial charge in [-0.2, -0.15) is 0 Å². The standard InChI is InChI=1S/C24H23ClN2O5S2/c1-16(15-32-19-9-7-18(31-2)8-10-19)26-34(29,30)20-11-12-22-23(13-20)33-24(28)27(22)14-17-5-3-4-6-21(17)25/h3-13,16,26H,14-15H2,1-2H3. The van der Waals surface area contributed by atoms with Gasteiger partial charge in [0, 0.05) is 5.02 Å². The lowest BCUT2D eigenvalue weighted by Gasteiger charge is -2.15. The van der Waals surface area contributed by atoms with Crippen molar-refractivity contribution < 1.29 is 17.9 Å². The van der Waals surface area contributed by atoms with Gasteiger partial charge < -0.3 is 9.47 Å². The molecule has 0 saturated heterocycles. The summed E-state index contributed by atoms with van der Waals surface area (Å²) >= 11 is 7.24. The van der Waals surface area contributed by atoms with Crippen molar-refractivity contribution in [1.82, 2.24) is 9.29 Å². The Kier molecular flexibility index (Phi) is 7.27. The lowest BCUT2D eigenvalue weighted by atomic mass is 10.2. The molecule has 0 radical (unpaired) electrons. The number of fused-ring (bicyclic) bond motifs is 1. The molecule has 0 saturated carbocycles. The molecular weight excluding hydrogens is 496 g/mol. The second-order valence-corrected chi connectivity index (χ2v) is 10.8. The van der Waals surface area contributed by atoms with Gasteiger partial charge in [-0.15, -0.1) is 0 Å². The largest absolute Gasteiger partial charge is 0.497 e. The van der Waals surface area contributed by atoms with Crippen LogP contribution in [0.5, 0.6) is 11.5 Å². The van der Waals surface area contributed by atoms with E-state index in [0.29, 0.717) is 33.3 Å². The molecule has 3 aromatic carbocycles. The Labute approximate surface area is 206 Å². The van der Waals surface area contributed by atoms with Crippen molar-refractivity contribution in [1.29, 1.82) is 0 Å². The second-order valence-electron chi connectivity index (χ2n) is 7.68. The topological polar surface area (TPSA) is 86.6 Å². The lowest BCUT2D eigenvalue weighted by Crippen LogP contribution is -2.36. The summed E-state index contributed by atoms with van der Waals surface area (Å²) in [6.07, 6.45) is 0. The van der Waals surface area contributed by atoms with Crippen LogP contribution in [0.4, 0.5) is 0 Å². The van der Waals surface area contributed by atoms with Gasteiger partial charge in [0.15, 0.2) is 0 Å². The number of aromatic nitrogens is 1. The average Bonchev–Trinajstić information content (AvgIpc) is 3.13. The molecular formula is C24H23ClN2O5S2. The molecule has 1 heterocycles. The summed E-state index contributed by atoms with van der Waals surface area (Å²) < 4.78 is 41.4. The third-order valence-corrected chi connectivity index (χ3v) is 8.05. The number of nitrogens with zero attached hydrogens (tertiary/aromatic N) is 1. The van der Waals surface area contributed by atoms with Gasteiger partial charge in [-0.05, 0) is 61.0 Å². The van der Waals surface area contributed by atoms with Gasteiger partial charge >= 0.3 is 4.87 Å². The summed E-state index contributed by atoms with van der Waals surface area (Å²) in [6, 6.07) is 18.5. The number of rotatable bonds is 9. The third-order valence-electron chi connectivity index (χ3n) is 5.15. The summed E-state index contributed by atoms with van der Waals surface area (Å²) in [5.74, 6) is 1.32. The van der Waals surface area contributed by atoms with Gasteiger partial charge in [0.1, 0.15) is 18.1 Å². The number of thiazole rings is 1. The zero-order valence-electron chi connectivity index (χ0n) is 18.5. The number of hydrogen-bond donors (Lipinski definition) is 1. The maximum absolute atomic E-state index is 12.9. The molecule has 4 aromatic rings. The van der Waals surface area contributed by atoms with Gasteiger partial charge in [-0.1, -0.05) is 41.1 Å². The fourth-order valence-electron chi connectivity index (χ4n) is 3.42. The van der Waals surface area contributed by atoms with Crippen LogP contribution in [0.1, 0.15) is 12.5 Å². The first kappa shape index (κ1) is 24.3. The molecule has 7 nitrogen and oxygen atoms in total. The molecule has 0 aliphatic carbocycles. The maximum atomic E-state index is 12.9. The molecule has 34 heavy (non-hydrogen) atoms. The fraction of sp³-hybridized carbons (Fsp3) is 0.208. The molecule has 1 N–H and O–H groups in total. The van der Waals surface area contributed by atoms with E-state index in [1.54, 1.807) is 55.0 Å². The van der Waals surface area contributed by atoms with Crippen molar-refractivity contribution in [3.8, 4) is 11.5 Å². The van der Waals surface area contributed by atoms with E-state index in [2.05, 4.69) is 4.72 Å². The first-order chi connectivity index (χ1) is 16.3. The predicted molar refractivity (Wildman–Crippen MR) is 135 cm³/mol. The Morgan fingerprint density at radius 1 is 1.06 bits per heavy atom. The number of hydrogen-bond acceptors (Lipinski definition) is 6. The van der Waals surface area contributed by atoms with Gasteiger partial charge in [0.2, 0.25) is 10.0 Å². The van der Waals surface area contributed by atoms with E-state index in [1.807, 2.05) is 18.2 Å². The molecule has 0 fully saturated rings. The Balaban J connectivity index is 1.48. The fourth-order valence-corrected chi connectivity index (χ4v) is 5.87. The summed E-state index contributed by atoms with van der Waals surface area (Å²) in [6.45, 7) is 2.18. The molecule has 1 aromatic heterocycles. The SMILES string of the molecule is COc1ccc(OCC(C)NS(=O)(=O)c2ccc3c(c2)sc(=O)n3Cc2ccccc2Cl)cc1. The van der Waals surface area contributed by atoms with E-state index in [0.717, 1.165) is 16.9 Å². The number of methoxy groups -OCH3 is 1. The minimum absolute atomic E-state index is 0.0856. The van der Waals surface area contributed by atoms with E-state index < -0.39 is 16.1 Å². The first-order valence-corrected chi connectivity index (χ1v) is 13.1. The van der Waals surface area contributed by atoms with E-state index in [4.69, 9.17) is 21.1 Å². The highest BCUT2D eigenvalue weighted by Crippen LogP contribution is 2.24. The van der Waals surface area contributed by atoms with Crippen LogP contribution in [0, 0.1) is 0 Å². The molecule has 0 aliphatic rings. The van der Waals surface area contributed by atoms with Gasteiger partial charge in [-0.25, -0.2) is 13.1 Å². The number of nitrogens with one attached hydrogen (secondary N) is 1. The second kappa shape index (κ2) is 10.2. The van der Waals surface area contributed by atoms with Crippen molar-refractivity contribution in [3.63, 3.8) is 0 Å². The molecule has 0 amide bonds. The number of halogens is 1. The molecule has 0 bridgehead atoms. The Morgan fingerprint density at radius 2 is 1.76 bits per heavy atom. The summed E-state index contributed by atoms with van der Waals surface area (Å²) in [4.78, 5) is 12.5. The molecule has 178 valence electrons. The molecule has 0 spiro atoms. The number of ether oxygens (including phenoxy) is 2. The van der Waals surface area contributed by atoms with Crippen LogP contribution in [0.25, 0.3) is 10.2 Å². The quantitative estimate of drug-likeness (QED) is 0.352. The molecule has 4 rings (SSSR count). The summed E-state index contributed by atoms with van der Waals surface area (Å²) in [5.41, 5.74) is 1.47. The minimum Gasteiger partial charge on any atom is -0.497 e. The van der Waals surface area contributed by atoms with Crippen LogP contribution < -0.4 is 19.1 Å². The number of benzene rings is 3. The Morgan fingerprint density at radius 3 is 2.47 bits per heavy atom. The van der Waals surface area contributed by atoms with Crippen LogP contribution >= 0.6 is 22.9 Å². The average molecular weight is 519 g/mol. The van der Waals surface area contributed by atoms with Crippen LogP contribution in [-0.2, 0) is 16.6 Å². The van der Waals surface area contributed by atoms with Crippen LogP contribution in [0.15, 0.2) is 76.4 Å². The first-order valence-electron chi connectivity index (χ1n) is 10.4. The molecule has 10 heteroatoms. The smallest absolute Gasteiger partial charge is 0.308 e. The van der Waals surface area contributed by atoms with Crippen molar-refractivity contribution >= 4 is 43.2 Å².